The summed E-state index contributed by atoms with van der Waals surface area (Å²) in [5, 5.41) is 7.45. The maximum atomic E-state index is 12.2. The molecule has 0 spiro atoms. The van der Waals surface area contributed by atoms with Gasteiger partial charge in [-0.25, -0.2) is 13.4 Å². The molecule has 25 heavy (non-hydrogen) atoms. The van der Waals surface area contributed by atoms with Crippen molar-refractivity contribution in [1.29, 1.82) is 0 Å². The first-order valence-corrected chi connectivity index (χ1v) is 10.6. The summed E-state index contributed by atoms with van der Waals surface area (Å²) < 4.78 is 24.4. The normalized spacial score (nSPS) is 12.2. The van der Waals surface area contributed by atoms with Crippen LogP contribution in [0.3, 0.4) is 0 Å². The third-order valence-electron chi connectivity index (χ3n) is 3.51. The summed E-state index contributed by atoms with van der Waals surface area (Å²) in [4.78, 5) is 10.0. The predicted molar refractivity (Wildman–Crippen MR) is 103 cm³/mol. The highest BCUT2D eigenvalue weighted by atomic mass is 32.2. The molecule has 0 aliphatic rings. The van der Waals surface area contributed by atoms with E-state index >= 15 is 0 Å². The number of aromatic nitrogens is 1. The molecule has 0 unspecified atom stereocenters. The zero-order chi connectivity index (χ0) is 18.1. The van der Waals surface area contributed by atoms with E-state index in [9.17, 15) is 8.42 Å². The quantitative estimate of drug-likeness (QED) is 0.416. The van der Waals surface area contributed by atoms with Crippen molar-refractivity contribution >= 4 is 27.1 Å². The molecule has 2 aromatic rings. The Morgan fingerprint density at radius 2 is 1.92 bits per heavy atom. The first kappa shape index (κ1) is 19.4. The van der Waals surface area contributed by atoms with Gasteiger partial charge < -0.3 is 10.6 Å². The van der Waals surface area contributed by atoms with Crippen molar-refractivity contribution in [2.45, 2.75) is 24.7 Å². The van der Waals surface area contributed by atoms with E-state index in [1.807, 2.05) is 19.2 Å². The molecule has 136 valence electrons. The summed E-state index contributed by atoms with van der Waals surface area (Å²) in [6.07, 6.45) is 3.23. The Labute approximate surface area is 153 Å². The number of aliphatic imine (C=N–C) groups is 1. The maximum absolute atomic E-state index is 12.2. The van der Waals surface area contributed by atoms with Crippen LogP contribution in [0.15, 0.2) is 46.4 Å². The van der Waals surface area contributed by atoms with E-state index in [1.165, 1.54) is 4.88 Å². The smallest absolute Gasteiger partial charge is 0.190 e. The van der Waals surface area contributed by atoms with E-state index in [-0.39, 0.29) is 5.75 Å². The monoisotopic (exact) mass is 380 g/mol. The molecule has 0 saturated heterocycles. The van der Waals surface area contributed by atoms with Crippen molar-refractivity contribution in [1.82, 2.24) is 15.6 Å². The molecule has 2 rings (SSSR count). The second-order valence-corrected chi connectivity index (χ2v) is 8.95. The third-order valence-corrected chi connectivity index (χ3v) is 6.30. The van der Waals surface area contributed by atoms with E-state index in [0.29, 0.717) is 23.8 Å². The fourth-order valence-corrected chi connectivity index (χ4v) is 4.36. The van der Waals surface area contributed by atoms with Gasteiger partial charge in [0.05, 0.1) is 15.7 Å². The summed E-state index contributed by atoms with van der Waals surface area (Å²) in [5.41, 5.74) is 0. The Morgan fingerprint density at radius 1 is 1.20 bits per heavy atom. The summed E-state index contributed by atoms with van der Waals surface area (Å²) >= 11 is 1.69. The number of rotatable bonds is 8. The van der Waals surface area contributed by atoms with E-state index in [1.54, 1.807) is 42.6 Å². The van der Waals surface area contributed by atoms with Crippen LogP contribution in [0.4, 0.5) is 0 Å². The van der Waals surface area contributed by atoms with Crippen molar-refractivity contribution in [2.24, 2.45) is 4.99 Å². The molecule has 8 heteroatoms. The van der Waals surface area contributed by atoms with Gasteiger partial charge in [-0.15, -0.1) is 11.3 Å². The molecule has 0 aliphatic heterocycles. The molecule has 0 amide bonds. The van der Waals surface area contributed by atoms with Crippen molar-refractivity contribution in [3.63, 3.8) is 0 Å². The molecule has 6 nitrogen and oxygen atoms in total. The van der Waals surface area contributed by atoms with Crippen LogP contribution in [0.1, 0.15) is 16.3 Å². The Hall–Kier alpha value is -1.93. The second kappa shape index (κ2) is 9.53. The lowest BCUT2D eigenvalue weighted by Crippen LogP contribution is -2.39. The van der Waals surface area contributed by atoms with Gasteiger partial charge in [0.15, 0.2) is 15.8 Å². The number of hydrogen-bond donors (Lipinski definition) is 2. The highest BCUT2D eigenvalue weighted by Gasteiger charge is 2.13. The average molecular weight is 381 g/mol. The van der Waals surface area contributed by atoms with Crippen LogP contribution in [-0.2, 0) is 16.3 Å². The van der Waals surface area contributed by atoms with Crippen LogP contribution < -0.4 is 10.6 Å². The number of benzene rings is 1. The molecular formula is C17H24N4O2S2. The zero-order valence-corrected chi connectivity index (χ0v) is 16.2. The second-order valence-electron chi connectivity index (χ2n) is 5.53. The number of sulfone groups is 1. The molecular weight excluding hydrogens is 356 g/mol. The highest BCUT2D eigenvalue weighted by molar-refractivity contribution is 7.91. The molecule has 2 N–H and O–H groups in total. The lowest BCUT2D eigenvalue weighted by atomic mass is 10.4. The Morgan fingerprint density at radius 3 is 2.56 bits per heavy atom. The number of nitrogens with one attached hydrogen (secondary N) is 2. The van der Waals surface area contributed by atoms with Gasteiger partial charge in [-0.05, 0) is 25.5 Å². The first-order valence-electron chi connectivity index (χ1n) is 8.15. The van der Waals surface area contributed by atoms with Gasteiger partial charge in [-0.2, -0.15) is 0 Å². The summed E-state index contributed by atoms with van der Waals surface area (Å²) in [7, 11) is -1.52. The van der Waals surface area contributed by atoms with Gasteiger partial charge in [0.25, 0.3) is 0 Å². The van der Waals surface area contributed by atoms with Gasteiger partial charge in [0.1, 0.15) is 0 Å². The van der Waals surface area contributed by atoms with Crippen molar-refractivity contribution < 1.29 is 8.42 Å². The molecule has 0 fully saturated rings. The minimum Gasteiger partial charge on any atom is -0.356 e. The summed E-state index contributed by atoms with van der Waals surface area (Å²) in [5.74, 6) is 0.782. The van der Waals surface area contributed by atoms with E-state index in [2.05, 4.69) is 20.6 Å². The van der Waals surface area contributed by atoms with Crippen LogP contribution in [0.5, 0.6) is 0 Å². The van der Waals surface area contributed by atoms with E-state index in [4.69, 9.17) is 0 Å². The van der Waals surface area contributed by atoms with Crippen LogP contribution in [0.2, 0.25) is 0 Å². The lowest BCUT2D eigenvalue weighted by Gasteiger charge is -2.11. The number of guanidine groups is 1. The van der Waals surface area contributed by atoms with E-state index < -0.39 is 9.84 Å². The summed E-state index contributed by atoms with van der Waals surface area (Å²) in [6.45, 7) is 3.32. The SMILES string of the molecule is CN=C(NCCCS(=O)(=O)c1ccccc1)NCCc1ncc(C)s1. The van der Waals surface area contributed by atoms with Crippen LogP contribution in [-0.4, -0.2) is 45.3 Å². The Balaban J connectivity index is 1.69. The first-order chi connectivity index (χ1) is 12.0. The molecule has 1 aromatic heterocycles. The molecule has 0 atom stereocenters. The number of thiazole rings is 1. The van der Waals surface area contributed by atoms with Crippen LogP contribution in [0, 0.1) is 6.92 Å². The van der Waals surface area contributed by atoms with Gasteiger partial charge in [-0.3, -0.25) is 4.99 Å². The van der Waals surface area contributed by atoms with Crippen LogP contribution in [0.25, 0.3) is 0 Å². The van der Waals surface area contributed by atoms with Gasteiger partial charge in [0.2, 0.25) is 0 Å². The van der Waals surface area contributed by atoms with Crippen molar-refractivity contribution in [2.75, 3.05) is 25.9 Å². The predicted octanol–water partition coefficient (Wildman–Crippen LogP) is 2.02. The number of nitrogens with zero attached hydrogens (tertiary/aromatic N) is 2. The van der Waals surface area contributed by atoms with Gasteiger partial charge in [-0.1, -0.05) is 18.2 Å². The standard InChI is InChI=1S/C17H24N4O2S2/c1-14-13-21-16(24-14)9-11-20-17(18-2)19-10-6-12-25(22,23)15-7-4-3-5-8-15/h3-5,7-8,13H,6,9-12H2,1-2H3,(H2,18,19,20). The van der Waals surface area contributed by atoms with Crippen molar-refractivity contribution in [3.8, 4) is 0 Å². The largest absolute Gasteiger partial charge is 0.356 e. The van der Waals surface area contributed by atoms with Crippen LogP contribution >= 0.6 is 11.3 Å². The lowest BCUT2D eigenvalue weighted by molar-refractivity contribution is 0.592. The third kappa shape index (κ3) is 6.47. The molecule has 0 radical (unpaired) electrons. The number of hydrogen-bond acceptors (Lipinski definition) is 5. The minimum absolute atomic E-state index is 0.111. The maximum Gasteiger partial charge on any atom is 0.190 e. The fourth-order valence-electron chi connectivity index (χ4n) is 2.24. The fraction of sp³-hybridized carbons (Fsp3) is 0.412. The van der Waals surface area contributed by atoms with Gasteiger partial charge >= 0.3 is 0 Å². The highest BCUT2D eigenvalue weighted by Crippen LogP contribution is 2.11. The Kier molecular flexibility index (Phi) is 7.39. The molecule has 1 heterocycles. The molecule has 1 aromatic carbocycles. The topological polar surface area (TPSA) is 83.5 Å². The molecule has 0 saturated carbocycles. The zero-order valence-electron chi connectivity index (χ0n) is 14.5. The average Bonchev–Trinajstić information content (AvgIpc) is 3.03. The summed E-state index contributed by atoms with van der Waals surface area (Å²) in [6, 6.07) is 8.54. The van der Waals surface area contributed by atoms with Gasteiger partial charge in [0, 0.05) is 37.6 Å². The number of aryl methyl sites for hydroxylation is 1. The molecule has 0 bridgehead atoms. The Bertz CT molecular complexity index is 786. The van der Waals surface area contributed by atoms with E-state index in [0.717, 1.165) is 18.0 Å². The minimum atomic E-state index is -3.22. The van der Waals surface area contributed by atoms with Crippen molar-refractivity contribution in [3.05, 3.63) is 46.4 Å². The molecule has 0 aliphatic carbocycles.